The van der Waals surface area contributed by atoms with Gasteiger partial charge in [-0.25, -0.2) is 0 Å². The first-order valence-electron chi connectivity index (χ1n) is 11.9. The molecule has 0 spiro atoms. The lowest BCUT2D eigenvalue weighted by Crippen LogP contribution is -2.46. The zero-order valence-electron chi connectivity index (χ0n) is 21.6. The Morgan fingerprint density at radius 2 is 1.59 bits per heavy atom. The maximum absolute atomic E-state index is 12.4. The van der Waals surface area contributed by atoms with Crippen LogP contribution in [0.5, 0.6) is 5.75 Å². The molecule has 0 unspecified atom stereocenters. The van der Waals surface area contributed by atoms with Crippen LogP contribution in [0, 0.1) is 0 Å². The summed E-state index contributed by atoms with van der Waals surface area (Å²) in [5, 5.41) is 0. The molecule has 2 saturated heterocycles. The lowest BCUT2D eigenvalue weighted by molar-refractivity contribution is -0.274. The molecule has 14 heteroatoms. The van der Waals surface area contributed by atoms with Crippen molar-refractivity contribution in [2.75, 3.05) is 6.61 Å². The quantitative estimate of drug-likeness (QED) is 0.275. The summed E-state index contributed by atoms with van der Waals surface area (Å²) in [6.07, 6.45) is -11.0. The average Bonchev–Trinajstić information content (AvgIpc) is 3.25. The van der Waals surface area contributed by atoms with Crippen molar-refractivity contribution >= 4 is 23.5 Å². The molecule has 2 fully saturated rings. The van der Waals surface area contributed by atoms with Gasteiger partial charge in [0.1, 0.15) is 55.1 Å². The van der Waals surface area contributed by atoms with Crippen molar-refractivity contribution in [1.29, 1.82) is 0 Å². The minimum Gasteiger partial charge on any atom is -0.461 e. The van der Waals surface area contributed by atoms with Crippen LogP contribution in [0.2, 0.25) is 0 Å². The number of hydrogen-bond acceptors (Lipinski definition) is 11. The maximum Gasteiger partial charge on any atom is 0.573 e. The van der Waals surface area contributed by atoms with Gasteiger partial charge in [0.25, 0.3) is 0 Å². The zero-order chi connectivity index (χ0) is 29.0. The fraction of sp³-hybridized carbons (Fsp3) is 0.600. The van der Waals surface area contributed by atoms with Crippen LogP contribution in [0.25, 0.3) is 0 Å². The minimum atomic E-state index is -4.84. The van der Waals surface area contributed by atoms with E-state index in [4.69, 9.17) is 28.4 Å². The normalized spacial score (nSPS) is 24.5. The van der Waals surface area contributed by atoms with Gasteiger partial charge in [-0.1, -0.05) is 12.1 Å². The highest BCUT2D eigenvalue weighted by Gasteiger charge is 2.58. The van der Waals surface area contributed by atoms with Gasteiger partial charge in [0.15, 0.2) is 18.2 Å². The Labute approximate surface area is 221 Å². The van der Waals surface area contributed by atoms with Crippen LogP contribution >= 0.6 is 0 Å². The number of Topliss-reactive ketones (excluding diaryl/α,β-unsaturated/α-hetero) is 2. The summed E-state index contributed by atoms with van der Waals surface area (Å²) in [4.78, 5) is 47.0. The molecular formula is C25H29F3O11. The summed E-state index contributed by atoms with van der Waals surface area (Å²) in [6, 6.07) is 4.98. The van der Waals surface area contributed by atoms with Crippen molar-refractivity contribution in [2.24, 2.45) is 0 Å². The van der Waals surface area contributed by atoms with Crippen molar-refractivity contribution in [1.82, 2.24) is 0 Å². The molecule has 2 heterocycles. The van der Waals surface area contributed by atoms with Crippen molar-refractivity contribution in [2.45, 2.75) is 90.0 Å². The van der Waals surface area contributed by atoms with E-state index in [0.717, 1.165) is 12.1 Å². The molecule has 0 saturated carbocycles. The van der Waals surface area contributed by atoms with Gasteiger partial charge in [-0.2, -0.15) is 0 Å². The summed E-state index contributed by atoms with van der Waals surface area (Å²) in [5.41, 5.74) is 0.475. The van der Waals surface area contributed by atoms with Gasteiger partial charge in [-0.05, 0) is 45.4 Å². The molecule has 0 bridgehead atoms. The van der Waals surface area contributed by atoms with Crippen molar-refractivity contribution in [3.05, 3.63) is 29.8 Å². The Bertz CT molecular complexity index is 1050. The molecule has 11 nitrogen and oxygen atoms in total. The highest BCUT2D eigenvalue weighted by atomic mass is 19.4. The Morgan fingerprint density at radius 3 is 2.18 bits per heavy atom. The second-order valence-electron chi connectivity index (χ2n) is 9.51. The minimum absolute atomic E-state index is 0.123. The molecule has 0 radical (unpaired) electrons. The Hall–Kier alpha value is -3.07. The van der Waals surface area contributed by atoms with Gasteiger partial charge < -0.3 is 33.2 Å². The number of carbonyl (C=O) groups excluding carboxylic acids is 4. The van der Waals surface area contributed by atoms with Crippen LogP contribution < -0.4 is 4.74 Å². The molecule has 216 valence electrons. The van der Waals surface area contributed by atoms with Crippen molar-refractivity contribution < 1.29 is 65.5 Å². The number of esters is 2. The van der Waals surface area contributed by atoms with E-state index < -0.39 is 91.6 Å². The number of halogens is 3. The van der Waals surface area contributed by atoms with Crippen LogP contribution in [-0.2, 0) is 54.2 Å². The number of benzene rings is 1. The zero-order valence-corrected chi connectivity index (χ0v) is 21.6. The largest absolute Gasteiger partial charge is 0.573 e. The van der Waals surface area contributed by atoms with E-state index >= 15 is 0 Å². The molecule has 0 N–H and O–H groups in total. The van der Waals surface area contributed by atoms with E-state index in [2.05, 4.69) is 4.74 Å². The summed E-state index contributed by atoms with van der Waals surface area (Å²) >= 11 is 0. The Balaban J connectivity index is 1.78. The number of ketones is 2. The van der Waals surface area contributed by atoms with Gasteiger partial charge >= 0.3 is 18.3 Å². The second kappa shape index (κ2) is 12.4. The van der Waals surface area contributed by atoms with Crippen molar-refractivity contribution in [3.63, 3.8) is 0 Å². The molecule has 0 aliphatic carbocycles. The lowest BCUT2D eigenvalue weighted by atomic mass is 10.1. The average molecular weight is 562 g/mol. The molecule has 5 atom stereocenters. The molecule has 0 aromatic heterocycles. The maximum atomic E-state index is 12.4. The number of fused-ring (bicyclic) bond motifs is 1. The Morgan fingerprint density at radius 1 is 0.974 bits per heavy atom. The van der Waals surface area contributed by atoms with Gasteiger partial charge in [-0.3, -0.25) is 19.2 Å². The number of ether oxygens (including phenoxy) is 7. The molecule has 2 aliphatic rings. The van der Waals surface area contributed by atoms with Gasteiger partial charge in [0, 0.05) is 0 Å². The first-order valence-corrected chi connectivity index (χ1v) is 11.9. The highest BCUT2D eigenvalue weighted by Crippen LogP contribution is 2.40. The number of hydrogen-bond donors (Lipinski definition) is 0. The monoisotopic (exact) mass is 562 g/mol. The van der Waals surface area contributed by atoms with Crippen LogP contribution in [0.1, 0.15) is 46.1 Å². The number of carbonyl (C=O) groups is 4. The van der Waals surface area contributed by atoms with Crippen LogP contribution in [0.4, 0.5) is 13.2 Å². The van der Waals surface area contributed by atoms with E-state index in [1.807, 2.05) is 0 Å². The fourth-order valence-corrected chi connectivity index (χ4v) is 4.01. The first kappa shape index (κ1) is 30.5. The summed E-state index contributed by atoms with van der Waals surface area (Å²) in [5.74, 6) is -4.12. The third-order valence-corrected chi connectivity index (χ3v) is 5.47. The lowest BCUT2D eigenvalue weighted by Gasteiger charge is -2.30. The molecule has 39 heavy (non-hydrogen) atoms. The number of rotatable bonds is 12. The van der Waals surface area contributed by atoms with Crippen molar-refractivity contribution in [3.8, 4) is 5.75 Å². The molecule has 1 aromatic carbocycles. The Kier molecular flexibility index (Phi) is 9.69. The number of alkyl halides is 3. The van der Waals surface area contributed by atoms with E-state index in [1.54, 1.807) is 13.8 Å². The summed E-state index contributed by atoms with van der Waals surface area (Å²) in [7, 11) is 0. The summed E-state index contributed by atoms with van der Waals surface area (Å²) < 4.78 is 75.3. The van der Waals surface area contributed by atoms with Gasteiger partial charge in [0.05, 0.1) is 6.61 Å². The van der Waals surface area contributed by atoms with Crippen LogP contribution in [0.15, 0.2) is 24.3 Å². The molecular weight excluding hydrogens is 533 g/mol. The predicted octanol–water partition coefficient (Wildman–Crippen LogP) is 2.76. The van der Waals surface area contributed by atoms with Crippen LogP contribution in [-0.4, -0.2) is 73.0 Å². The van der Waals surface area contributed by atoms with E-state index in [-0.39, 0.29) is 6.61 Å². The van der Waals surface area contributed by atoms with E-state index in [0.29, 0.717) is 5.56 Å². The van der Waals surface area contributed by atoms with Gasteiger partial charge in [-0.15, -0.1) is 13.2 Å². The summed E-state index contributed by atoms with van der Waals surface area (Å²) in [6.45, 7) is 5.05. The second-order valence-corrected chi connectivity index (χ2v) is 9.51. The molecule has 2 aliphatic heterocycles. The molecule has 0 amide bonds. The predicted molar refractivity (Wildman–Crippen MR) is 122 cm³/mol. The van der Waals surface area contributed by atoms with E-state index in [9.17, 15) is 32.3 Å². The third-order valence-electron chi connectivity index (χ3n) is 5.47. The molecule has 1 aromatic rings. The topological polar surface area (TPSA) is 133 Å². The third kappa shape index (κ3) is 9.27. The first-order chi connectivity index (χ1) is 18.1. The highest BCUT2D eigenvalue weighted by molar-refractivity contribution is 5.94. The van der Waals surface area contributed by atoms with Gasteiger partial charge in [0.2, 0.25) is 0 Å². The standard InChI is InChI=1S/C25H29F3O11/c1-13(29)9-18(31)33-12-17(35-19(32)10-14(2)30)20-21(22-23(36-20)39-24(3,4)38-22)34-11-15-5-7-16(8-6-15)37-25(26,27)28/h5-8,17,20-23H,9-12H2,1-4H3/t17-,20-,21+,22-,23-/m1/s1. The SMILES string of the molecule is CC(=O)CC(=O)OC[C@@H](OC(=O)CC(C)=O)[C@H]1O[C@@H]2OC(C)(C)O[C@@H]2[C@H]1OCc1ccc(OC(F)(F)F)cc1. The fourth-order valence-electron chi connectivity index (χ4n) is 4.01. The van der Waals surface area contributed by atoms with Crippen LogP contribution in [0.3, 0.4) is 0 Å². The van der Waals surface area contributed by atoms with E-state index in [1.165, 1.54) is 26.0 Å². The molecule has 3 rings (SSSR count). The smallest absolute Gasteiger partial charge is 0.461 e.